The Bertz CT molecular complexity index is 367. The van der Waals surface area contributed by atoms with Gasteiger partial charge in [-0.25, -0.2) is 8.78 Å². The Morgan fingerprint density at radius 3 is 2.75 bits per heavy atom. The number of ether oxygens (including phenoxy) is 1. The second-order valence-corrected chi connectivity index (χ2v) is 3.94. The van der Waals surface area contributed by atoms with Gasteiger partial charge in [-0.15, -0.1) is 0 Å². The summed E-state index contributed by atoms with van der Waals surface area (Å²) in [6, 6.07) is 3.64. The van der Waals surface area contributed by atoms with E-state index in [1.165, 1.54) is 6.07 Å². The molecule has 0 aromatic heterocycles. The van der Waals surface area contributed by atoms with E-state index in [9.17, 15) is 8.78 Å². The van der Waals surface area contributed by atoms with E-state index in [1.807, 2.05) is 0 Å². The first-order valence-electron chi connectivity index (χ1n) is 5.21. The molecule has 1 saturated heterocycles. The molecule has 5 heteroatoms. The fourth-order valence-electron chi connectivity index (χ4n) is 2.03. The summed E-state index contributed by atoms with van der Waals surface area (Å²) < 4.78 is 31.1. The molecule has 3 nitrogen and oxygen atoms in total. The SMILES string of the molecule is NNC(c1ccc(F)c(F)c1)C1CCOC1. The van der Waals surface area contributed by atoms with Crippen LogP contribution in [0.1, 0.15) is 18.0 Å². The van der Waals surface area contributed by atoms with Crippen molar-refractivity contribution in [1.82, 2.24) is 5.43 Å². The summed E-state index contributed by atoms with van der Waals surface area (Å²) in [6.07, 6.45) is 0.869. The highest BCUT2D eigenvalue weighted by Gasteiger charge is 2.26. The molecular formula is C11H14F2N2O. The molecule has 88 valence electrons. The average Bonchev–Trinajstić information content (AvgIpc) is 2.78. The van der Waals surface area contributed by atoms with Gasteiger partial charge in [0, 0.05) is 12.5 Å². The minimum Gasteiger partial charge on any atom is -0.381 e. The van der Waals surface area contributed by atoms with Crippen LogP contribution in [-0.2, 0) is 4.74 Å². The van der Waals surface area contributed by atoms with Crippen molar-refractivity contribution in [3.05, 3.63) is 35.4 Å². The van der Waals surface area contributed by atoms with E-state index in [4.69, 9.17) is 10.6 Å². The maximum atomic E-state index is 13.1. The van der Waals surface area contributed by atoms with Crippen LogP contribution in [0.3, 0.4) is 0 Å². The summed E-state index contributed by atoms with van der Waals surface area (Å²) in [5.41, 5.74) is 3.29. The van der Waals surface area contributed by atoms with Crippen LogP contribution >= 0.6 is 0 Å². The van der Waals surface area contributed by atoms with Crippen molar-refractivity contribution in [2.75, 3.05) is 13.2 Å². The van der Waals surface area contributed by atoms with Gasteiger partial charge in [-0.3, -0.25) is 11.3 Å². The predicted octanol–water partition coefficient (Wildman–Crippen LogP) is 1.51. The number of rotatable bonds is 3. The van der Waals surface area contributed by atoms with Gasteiger partial charge >= 0.3 is 0 Å². The molecule has 0 aliphatic carbocycles. The molecule has 1 aromatic rings. The summed E-state index contributed by atoms with van der Waals surface area (Å²) in [7, 11) is 0. The zero-order chi connectivity index (χ0) is 11.5. The van der Waals surface area contributed by atoms with Crippen molar-refractivity contribution in [2.24, 2.45) is 11.8 Å². The first-order chi connectivity index (χ1) is 7.72. The third kappa shape index (κ3) is 2.21. The summed E-state index contributed by atoms with van der Waals surface area (Å²) in [5, 5.41) is 0. The molecule has 1 fully saturated rings. The number of hydrogen-bond acceptors (Lipinski definition) is 3. The smallest absolute Gasteiger partial charge is 0.159 e. The standard InChI is InChI=1S/C11H14F2N2O/c12-9-2-1-7(5-10(9)13)11(15-14)8-3-4-16-6-8/h1-2,5,8,11,15H,3-4,6,14H2. The van der Waals surface area contributed by atoms with E-state index >= 15 is 0 Å². The Morgan fingerprint density at radius 1 is 1.38 bits per heavy atom. The Balaban J connectivity index is 2.22. The Labute approximate surface area is 92.6 Å². The highest BCUT2D eigenvalue weighted by Crippen LogP contribution is 2.28. The highest BCUT2D eigenvalue weighted by molar-refractivity contribution is 5.22. The van der Waals surface area contributed by atoms with Gasteiger partial charge in [-0.1, -0.05) is 6.07 Å². The first kappa shape index (κ1) is 11.4. The molecule has 3 N–H and O–H groups in total. The highest BCUT2D eigenvalue weighted by atomic mass is 19.2. The number of nitrogens with two attached hydrogens (primary N) is 1. The third-order valence-corrected chi connectivity index (χ3v) is 2.92. The van der Waals surface area contributed by atoms with E-state index < -0.39 is 11.6 Å². The van der Waals surface area contributed by atoms with E-state index in [0.29, 0.717) is 18.8 Å². The maximum Gasteiger partial charge on any atom is 0.159 e. The van der Waals surface area contributed by atoms with Gasteiger partial charge in [-0.05, 0) is 24.1 Å². The molecule has 0 saturated carbocycles. The number of hydrogen-bond donors (Lipinski definition) is 2. The van der Waals surface area contributed by atoms with Crippen molar-refractivity contribution in [3.63, 3.8) is 0 Å². The van der Waals surface area contributed by atoms with E-state index in [1.54, 1.807) is 6.07 Å². The molecule has 2 rings (SSSR count). The molecule has 0 spiro atoms. The molecule has 16 heavy (non-hydrogen) atoms. The molecular weight excluding hydrogens is 214 g/mol. The Kier molecular flexibility index (Phi) is 3.48. The van der Waals surface area contributed by atoms with E-state index in [2.05, 4.69) is 5.43 Å². The molecule has 0 radical (unpaired) electrons. The Hall–Kier alpha value is -1.04. The minimum absolute atomic E-state index is 0.197. The molecule has 2 unspecified atom stereocenters. The van der Waals surface area contributed by atoms with Crippen molar-refractivity contribution in [1.29, 1.82) is 0 Å². The molecule has 1 heterocycles. The molecule has 0 bridgehead atoms. The lowest BCUT2D eigenvalue weighted by Crippen LogP contribution is -2.34. The van der Waals surface area contributed by atoms with Crippen molar-refractivity contribution in [2.45, 2.75) is 12.5 Å². The van der Waals surface area contributed by atoms with Gasteiger partial charge in [-0.2, -0.15) is 0 Å². The molecule has 1 aliphatic rings. The molecule has 2 atom stereocenters. The lowest BCUT2D eigenvalue weighted by atomic mass is 9.93. The average molecular weight is 228 g/mol. The first-order valence-corrected chi connectivity index (χ1v) is 5.21. The summed E-state index contributed by atoms with van der Waals surface area (Å²) in [6.45, 7) is 1.28. The second kappa shape index (κ2) is 4.86. The molecule has 1 aliphatic heterocycles. The minimum atomic E-state index is -0.850. The normalized spacial score (nSPS) is 22.3. The van der Waals surface area contributed by atoms with Crippen LogP contribution < -0.4 is 11.3 Å². The summed E-state index contributed by atoms with van der Waals surface area (Å²) in [4.78, 5) is 0. The van der Waals surface area contributed by atoms with Crippen LogP contribution in [0.2, 0.25) is 0 Å². The zero-order valence-corrected chi connectivity index (χ0v) is 8.75. The van der Waals surface area contributed by atoms with Gasteiger partial charge in [0.15, 0.2) is 11.6 Å². The number of halogens is 2. The van der Waals surface area contributed by atoms with Crippen LogP contribution in [-0.4, -0.2) is 13.2 Å². The maximum absolute atomic E-state index is 13.1. The number of benzene rings is 1. The van der Waals surface area contributed by atoms with Crippen molar-refractivity contribution in [3.8, 4) is 0 Å². The van der Waals surface area contributed by atoms with Crippen LogP contribution in [0, 0.1) is 17.6 Å². The number of hydrazine groups is 1. The fraction of sp³-hybridized carbons (Fsp3) is 0.455. The van der Waals surface area contributed by atoms with Gasteiger partial charge in [0.2, 0.25) is 0 Å². The summed E-state index contributed by atoms with van der Waals surface area (Å²) in [5.74, 6) is 3.96. The Morgan fingerprint density at radius 2 is 2.19 bits per heavy atom. The zero-order valence-electron chi connectivity index (χ0n) is 8.75. The second-order valence-electron chi connectivity index (χ2n) is 3.94. The number of nitrogens with one attached hydrogen (secondary N) is 1. The largest absolute Gasteiger partial charge is 0.381 e. The predicted molar refractivity (Wildman–Crippen MR) is 55.3 cm³/mol. The van der Waals surface area contributed by atoms with E-state index in [0.717, 1.165) is 12.5 Å². The van der Waals surface area contributed by atoms with Gasteiger partial charge in [0.1, 0.15) is 0 Å². The van der Waals surface area contributed by atoms with Crippen LogP contribution in [0.4, 0.5) is 8.78 Å². The van der Waals surface area contributed by atoms with Crippen molar-refractivity contribution >= 4 is 0 Å². The van der Waals surface area contributed by atoms with Crippen molar-refractivity contribution < 1.29 is 13.5 Å². The van der Waals surface area contributed by atoms with Gasteiger partial charge in [0.05, 0.1) is 12.6 Å². The molecule has 1 aromatic carbocycles. The molecule has 0 amide bonds. The van der Waals surface area contributed by atoms with Gasteiger partial charge in [0.25, 0.3) is 0 Å². The fourth-order valence-corrected chi connectivity index (χ4v) is 2.03. The lowest BCUT2D eigenvalue weighted by molar-refractivity contribution is 0.176. The monoisotopic (exact) mass is 228 g/mol. The summed E-state index contributed by atoms with van der Waals surface area (Å²) >= 11 is 0. The lowest BCUT2D eigenvalue weighted by Gasteiger charge is -2.21. The topological polar surface area (TPSA) is 47.3 Å². The van der Waals surface area contributed by atoms with Crippen LogP contribution in [0.25, 0.3) is 0 Å². The van der Waals surface area contributed by atoms with Gasteiger partial charge < -0.3 is 4.74 Å². The quantitative estimate of drug-likeness (QED) is 0.609. The van der Waals surface area contributed by atoms with Crippen LogP contribution in [0.15, 0.2) is 18.2 Å². The van der Waals surface area contributed by atoms with Crippen LogP contribution in [0.5, 0.6) is 0 Å². The third-order valence-electron chi connectivity index (χ3n) is 2.92. The van der Waals surface area contributed by atoms with E-state index in [-0.39, 0.29) is 12.0 Å².